The van der Waals surface area contributed by atoms with E-state index in [0.29, 0.717) is 6.54 Å². The minimum absolute atomic E-state index is 0.197. The predicted molar refractivity (Wildman–Crippen MR) is 51.8 cm³/mol. The zero-order valence-electron chi connectivity index (χ0n) is 7.65. The number of aliphatic hydroxyl groups is 4. The summed E-state index contributed by atoms with van der Waals surface area (Å²) in [4.78, 5) is 1.90. The molecule has 82 valence electrons. The third kappa shape index (κ3) is 1.66. The zero-order chi connectivity index (χ0) is 10.3. The van der Waals surface area contributed by atoms with E-state index < -0.39 is 24.4 Å². The van der Waals surface area contributed by atoms with Crippen molar-refractivity contribution in [3.05, 3.63) is 0 Å². The van der Waals surface area contributed by atoms with Crippen molar-refractivity contribution >= 4 is 11.8 Å². The summed E-state index contributed by atoms with van der Waals surface area (Å²) >= 11 is 1.55. The smallest absolute Gasteiger partial charge is 0.111 e. The standard InChI is InChI=1S/C8H15NO4S/c10-4-3-9-1-2-14-8(9)7(13)6(12)5(4)11/h4-8,10-13H,1-3H2/t4-,5-,6+,7-,8+/m1/s1. The molecule has 2 heterocycles. The average Bonchev–Trinajstić information content (AvgIpc) is 2.59. The van der Waals surface area contributed by atoms with Crippen LogP contribution in [0, 0.1) is 0 Å². The molecule has 5 atom stereocenters. The molecule has 0 saturated carbocycles. The minimum Gasteiger partial charge on any atom is -0.389 e. The molecular weight excluding hydrogens is 206 g/mol. The van der Waals surface area contributed by atoms with Crippen LogP contribution in [0.2, 0.25) is 0 Å². The van der Waals surface area contributed by atoms with Crippen molar-refractivity contribution < 1.29 is 20.4 Å². The fourth-order valence-corrected chi connectivity index (χ4v) is 3.32. The normalized spacial score (nSPS) is 50.1. The molecular formula is C8H15NO4S. The Hall–Kier alpha value is 0.150. The number of hydrogen-bond donors (Lipinski definition) is 4. The predicted octanol–water partition coefficient (Wildman–Crippen LogP) is -2.18. The topological polar surface area (TPSA) is 84.2 Å². The molecule has 0 aromatic heterocycles. The second-order valence-electron chi connectivity index (χ2n) is 3.80. The van der Waals surface area contributed by atoms with Crippen LogP contribution in [0.25, 0.3) is 0 Å². The Balaban J connectivity index is 2.17. The molecule has 2 fully saturated rings. The molecule has 2 rings (SSSR count). The Kier molecular flexibility index (Phi) is 3.01. The maximum atomic E-state index is 9.73. The summed E-state index contributed by atoms with van der Waals surface area (Å²) in [7, 11) is 0. The molecule has 0 unspecified atom stereocenters. The van der Waals surface area contributed by atoms with Gasteiger partial charge in [-0.1, -0.05) is 0 Å². The molecule has 4 N–H and O–H groups in total. The first-order valence-electron chi connectivity index (χ1n) is 4.69. The van der Waals surface area contributed by atoms with Gasteiger partial charge in [-0.25, -0.2) is 0 Å². The van der Waals surface area contributed by atoms with Crippen LogP contribution in [0.3, 0.4) is 0 Å². The summed E-state index contributed by atoms with van der Waals surface area (Å²) in [6, 6.07) is 0. The lowest BCUT2D eigenvalue weighted by atomic mass is 10.1. The third-order valence-electron chi connectivity index (χ3n) is 2.83. The van der Waals surface area contributed by atoms with Gasteiger partial charge in [0.2, 0.25) is 0 Å². The van der Waals surface area contributed by atoms with Gasteiger partial charge in [0.1, 0.15) is 18.3 Å². The van der Waals surface area contributed by atoms with Crippen molar-refractivity contribution in [3.8, 4) is 0 Å². The number of fused-ring (bicyclic) bond motifs is 1. The summed E-state index contributed by atoms with van der Waals surface area (Å²) in [6.45, 7) is 1.09. The Morgan fingerprint density at radius 2 is 1.71 bits per heavy atom. The summed E-state index contributed by atoms with van der Waals surface area (Å²) < 4.78 is 0. The van der Waals surface area contributed by atoms with E-state index in [0.717, 1.165) is 12.3 Å². The van der Waals surface area contributed by atoms with Gasteiger partial charge in [0, 0.05) is 18.8 Å². The monoisotopic (exact) mass is 221 g/mol. The van der Waals surface area contributed by atoms with Gasteiger partial charge in [-0.05, 0) is 0 Å². The van der Waals surface area contributed by atoms with E-state index in [9.17, 15) is 20.4 Å². The number of aliphatic hydroxyl groups excluding tert-OH is 4. The first kappa shape index (κ1) is 10.7. The molecule has 6 heteroatoms. The summed E-state index contributed by atoms with van der Waals surface area (Å²) in [6.07, 6.45) is -4.49. The van der Waals surface area contributed by atoms with E-state index >= 15 is 0 Å². The van der Waals surface area contributed by atoms with Crippen LogP contribution in [0.4, 0.5) is 0 Å². The number of nitrogens with zero attached hydrogens (tertiary/aromatic N) is 1. The molecule has 0 aromatic rings. The van der Waals surface area contributed by atoms with Crippen molar-refractivity contribution in [2.45, 2.75) is 29.8 Å². The van der Waals surface area contributed by atoms with E-state index in [1.807, 2.05) is 4.90 Å². The van der Waals surface area contributed by atoms with Crippen LogP contribution in [0.5, 0.6) is 0 Å². The maximum absolute atomic E-state index is 9.73. The summed E-state index contributed by atoms with van der Waals surface area (Å²) in [5.41, 5.74) is 0. The van der Waals surface area contributed by atoms with Crippen LogP contribution in [-0.2, 0) is 0 Å². The maximum Gasteiger partial charge on any atom is 0.111 e. The third-order valence-corrected chi connectivity index (χ3v) is 4.17. The van der Waals surface area contributed by atoms with Crippen LogP contribution < -0.4 is 0 Å². The van der Waals surface area contributed by atoms with Crippen molar-refractivity contribution in [1.29, 1.82) is 0 Å². The Labute approximate surface area is 86.3 Å². The lowest BCUT2D eigenvalue weighted by Crippen LogP contribution is -2.45. The van der Waals surface area contributed by atoms with E-state index in [4.69, 9.17) is 0 Å². The van der Waals surface area contributed by atoms with Crippen LogP contribution in [0.1, 0.15) is 0 Å². The zero-order valence-corrected chi connectivity index (χ0v) is 8.47. The highest BCUT2D eigenvalue weighted by Gasteiger charge is 2.44. The fraction of sp³-hybridized carbons (Fsp3) is 1.00. The molecule has 0 spiro atoms. The van der Waals surface area contributed by atoms with E-state index in [-0.39, 0.29) is 5.37 Å². The van der Waals surface area contributed by atoms with Gasteiger partial charge in [0.05, 0.1) is 11.5 Å². The van der Waals surface area contributed by atoms with Crippen molar-refractivity contribution in [2.24, 2.45) is 0 Å². The van der Waals surface area contributed by atoms with Gasteiger partial charge in [-0.15, -0.1) is 11.8 Å². The van der Waals surface area contributed by atoms with Gasteiger partial charge < -0.3 is 20.4 Å². The molecule has 0 aromatic carbocycles. The summed E-state index contributed by atoms with van der Waals surface area (Å²) in [5, 5.41) is 38.1. The van der Waals surface area contributed by atoms with E-state index in [2.05, 4.69) is 0 Å². The second-order valence-corrected chi connectivity index (χ2v) is 5.02. The SMILES string of the molecule is O[C@@H]1[C@@H](O)[C@@H]2SCCN2C[C@@H](O)[C@H]1O. The first-order chi connectivity index (χ1) is 6.61. The molecule has 0 aliphatic carbocycles. The highest BCUT2D eigenvalue weighted by Crippen LogP contribution is 2.31. The molecule has 2 aliphatic rings. The molecule has 5 nitrogen and oxygen atoms in total. The van der Waals surface area contributed by atoms with Crippen LogP contribution in [-0.4, -0.2) is 74.0 Å². The largest absolute Gasteiger partial charge is 0.389 e. The van der Waals surface area contributed by atoms with Gasteiger partial charge in [0.25, 0.3) is 0 Å². The molecule has 2 saturated heterocycles. The van der Waals surface area contributed by atoms with Crippen LogP contribution in [0.15, 0.2) is 0 Å². The lowest BCUT2D eigenvalue weighted by molar-refractivity contribution is -0.0911. The minimum atomic E-state index is -1.26. The second kappa shape index (κ2) is 3.96. The Morgan fingerprint density at radius 3 is 2.43 bits per heavy atom. The van der Waals surface area contributed by atoms with E-state index in [1.165, 1.54) is 0 Å². The lowest BCUT2D eigenvalue weighted by Gasteiger charge is -2.26. The average molecular weight is 221 g/mol. The Morgan fingerprint density at radius 1 is 1.00 bits per heavy atom. The van der Waals surface area contributed by atoms with Gasteiger partial charge in [-0.3, -0.25) is 4.90 Å². The van der Waals surface area contributed by atoms with Gasteiger partial charge in [0.15, 0.2) is 0 Å². The van der Waals surface area contributed by atoms with Gasteiger partial charge >= 0.3 is 0 Å². The molecule has 2 aliphatic heterocycles. The van der Waals surface area contributed by atoms with Crippen molar-refractivity contribution in [2.75, 3.05) is 18.8 Å². The van der Waals surface area contributed by atoms with Crippen molar-refractivity contribution in [1.82, 2.24) is 4.90 Å². The highest BCUT2D eigenvalue weighted by molar-refractivity contribution is 8.00. The highest BCUT2D eigenvalue weighted by atomic mass is 32.2. The Bertz CT molecular complexity index is 218. The fourth-order valence-electron chi connectivity index (χ4n) is 1.98. The number of thioether (sulfide) groups is 1. The molecule has 0 bridgehead atoms. The van der Waals surface area contributed by atoms with E-state index in [1.54, 1.807) is 11.8 Å². The van der Waals surface area contributed by atoms with Crippen LogP contribution >= 0.6 is 11.8 Å². The molecule has 0 amide bonds. The quantitative estimate of drug-likeness (QED) is 0.372. The van der Waals surface area contributed by atoms with Crippen molar-refractivity contribution in [3.63, 3.8) is 0 Å². The number of hydrogen-bond acceptors (Lipinski definition) is 6. The van der Waals surface area contributed by atoms with Gasteiger partial charge in [-0.2, -0.15) is 0 Å². The molecule has 0 radical (unpaired) electrons. The molecule has 14 heavy (non-hydrogen) atoms. The number of rotatable bonds is 0. The first-order valence-corrected chi connectivity index (χ1v) is 5.74. The summed E-state index contributed by atoms with van der Waals surface area (Å²) in [5.74, 6) is 0.886.